The predicted molar refractivity (Wildman–Crippen MR) is 70.7 cm³/mol. The molecular formula is C15H25N. The average molecular weight is 219 g/mol. The van der Waals surface area contributed by atoms with E-state index in [-0.39, 0.29) is 5.41 Å². The monoisotopic (exact) mass is 219 g/mol. The quantitative estimate of drug-likeness (QED) is 0.720. The van der Waals surface area contributed by atoms with Gasteiger partial charge in [-0.25, -0.2) is 0 Å². The number of aryl methyl sites for hydroxylation is 1. The molecule has 0 N–H and O–H groups in total. The Kier molecular flexibility index (Phi) is 3.77. The highest BCUT2D eigenvalue weighted by molar-refractivity contribution is 5.23. The van der Waals surface area contributed by atoms with Gasteiger partial charge in [-0.2, -0.15) is 0 Å². The largest absolute Gasteiger partial charge is 0.261 e. The summed E-state index contributed by atoms with van der Waals surface area (Å²) in [5.74, 6) is 0. The standard InChI is InChI=1S/C15H25N/c1-14(2,3)9-7-13-11-12(8-10-16-13)15(4,5)6/h8,10-11H,7,9H2,1-6H3. The van der Waals surface area contributed by atoms with Crippen LogP contribution >= 0.6 is 0 Å². The molecule has 0 unspecified atom stereocenters. The van der Waals surface area contributed by atoms with E-state index in [1.807, 2.05) is 6.20 Å². The second-order valence-corrected chi connectivity index (χ2v) is 6.85. The maximum atomic E-state index is 4.46. The zero-order valence-corrected chi connectivity index (χ0v) is 11.6. The molecule has 1 aromatic heterocycles. The zero-order valence-electron chi connectivity index (χ0n) is 11.6. The highest BCUT2D eigenvalue weighted by atomic mass is 14.7. The molecule has 1 heteroatoms. The predicted octanol–water partition coefficient (Wildman–Crippen LogP) is 4.36. The van der Waals surface area contributed by atoms with Crippen molar-refractivity contribution >= 4 is 0 Å². The van der Waals surface area contributed by atoms with Gasteiger partial charge in [-0.15, -0.1) is 0 Å². The van der Waals surface area contributed by atoms with Gasteiger partial charge < -0.3 is 0 Å². The van der Waals surface area contributed by atoms with Crippen LogP contribution in [0, 0.1) is 5.41 Å². The summed E-state index contributed by atoms with van der Waals surface area (Å²) in [6.07, 6.45) is 4.21. The summed E-state index contributed by atoms with van der Waals surface area (Å²) in [5.41, 5.74) is 3.22. The third-order valence-electron chi connectivity index (χ3n) is 2.81. The van der Waals surface area contributed by atoms with Crippen molar-refractivity contribution in [2.45, 2.75) is 59.8 Å². The average Bonchev–Trinajstić information content (AvgIpc) is 2.13. The van der Waals surface area contributed by atoms with Crippen molar-refractivity contribution in [3.63, 3.8) is 0 Å². The van der Waals surface area contributed by atoms with E-state index in [0.717, 1.165) is 6.42 Å². The molecule has 0 radical (unpaired) electrons. The maximum absolute atomic E-state index is 4.46. The molecular weight excluding hydrogens is 194 g/mol. The van der Waals surface area contributed by atoms with Crippen LogP contribution in [0.3, 0.4) is 0 Å². The minimum atomic E-state index is 0.222. The Hall–Kier alpha value is -0.850. The van der Waals surface area contributed by atoms with Crippen LogP contribution in [0.25, 0.3) is 0 Å². The molecule has 0 saturated heterocycles. The number of nitrogens with zero attached hydrogens (tertiary/aromatic N) is 1. The van der Waals surface area contributed by atoms with Crippen LogP contribution in [-0.2, 0) is 11.8 Å². The fourth-order valence-electron chi connectivity index (χ4n) is 1.58. The van der Waals surface area contributed by atoms with Crippen LogP contribution in [-0.4, -0.2) is 4.98 Å². The van der Waals surface area contributed by atoms with E-state index < -0.39 is 0 Å². The number of hydrogen-bond donors (Lipinski definition) is 0. The molecule has 0 aromatic carbocycles. The summed E-state index contributed by atoms with van der Waals surface area (Å²) in [6.45, 7) is 13.6. The fourth-order valence-corrected chi connectivity index (χ4v) is 1.58. The summed E-state index contributed by atoms with van der Waals surface area (Å²) < 4.78 is 0. The van der Waals surface area contributed by atoms with Gasteiger partial charge >= 0.3 is 0 Å². The molecule has 0 atom stereocenters. The van der Waals surface area contributed by atoms with Crippen LogP contribution in [0.4, 0.5) is 0 Å². The van der Waals surface area contributed by atoms with Crippen molar-refractivity contribution in [1.29, 1.82) is 0 Å². The minimum Gasteiger partial charge on any atom is -0.261 e. The minimum absolute atomic E-state index is 0.222. The van der Waals surface area contributed by atoms with Gasteiger partial charge in [-0.05, 0) is 41.4 Å². The third kappa shape index (κ3) is 4.34. The number of rotatable bonds is 2. The second-order valence-electron chi connectivity index (χ2n) is 6.85. The van der Waals surface area contributed by atoms with E-state index in [9.17, 15) is 0 Å². The van der Waals surface area contributed by atoms with Crippen LogP contribution < -0.4 is 0 Å². The molecule has 1 nitrogen and oxygen atoms in total. The van der Waals surface area contributed by atoms with E-state index in [1.54, 1.807) is 0 Å². The normalized spacial score (nSPS) is 12.9. The first-order valence-corrected chi connectivity index (χ1v) is 6.14. The van der Waals surface area contributed by atoms with Crippen LogP contribution in [0.1, 0.15) is 59.2 Å². The molecule has 16 heavy (non-hydrogen) atoms. The Labute approximate surface area is 100 Å². The molecule has 0 amide bonds. The van der Waals surface area contributed by atoms with Crippen LogP contribution in [0.2, 0.25) is 0 Å². The number of hydrogen-bond acceptors (Lipinski definition) is 1. The van der Waals surface area contributed by atoms with Gasteiger partial charge in [-0.1, -0.05) is 41.5 Å². The molecule has 0 saturated carbocycles. The first-order valence-electron chi connectivity index (χ1n) is 6.14. The van der Waals surface area contributed by atoms with E-state index in [4.69, 9.17) is 0 Å². The molecule has 0 bridgehead atoms. The summed E-state index contributed by atoms with van der Waals surface area (Å²) in [6, 6.07) is 4.38. The molecule has 90 valence electrons. The maximum Gasteiger partial charge on any atom is 0.0406 e. The van der Waals surface area contributed by atoms with Crippen molar-refractivity contribution in [1.82, 2.24) is 4.98 Å². The Balaban J connectivity index is 2.76. The van der Waals surface area contributed by atoms with Gasteiger partial charge in [0.05, 0.1) is 0 Å². The van der Waals surface area contributed by atoms with Crippen molar-refractivity contribution in [2.75, 3.05) is 0 Å². The van der Waals surface area contributed by atoms with E-state index >= 15 is 0 Å². The van der Waals surface area contributed by atoms with E-state index in [0.29, 0.717) is 5.41 Å². The van der Waals surface area contributed by atoms with Gasteiger partial charge in [0.1, 0.15) is 0 Å². The molecule has 0 aliphatic rings. The molecule has 0 aliphatic heterocycles. The van der Waals surface area contributed by atoms with E-state index in [2.05, 4.69) is 58.7 Å². The molecule has 0 aliphatic carbocycles. The van der Waals surface area contributed by atoms with Crippen molar-refractivity contribution in [2.24, 2.45) is 5.41 Å². The highest BCUT2D eigenvalue weighted by Crippen LogP contribution is 2.24. The summed E-state index contributed by atoms with van der Waals surface area (Å²) >= 11 is 0. The molecule has 1 heterocycles. The fraction of sp³-hybridized carbons (Fsp3) is 0.667. The van der Waals surface area contributed by atoms with Gasteiger partial charge in [0.25, 0.3) is 0 Å². The number of aromatic nitrogens is 1. The first kappa shape index (κ1) is 13.2. The van der Waals surface area contributed by atoms with Gasteiger partial charge in [0.2, 0.25) is 0 Å². The number of pyridine rings is 1. The van der Waals surface area contributed by atoms with Gasteiger partial charge in [0, 0.05) is 11.9 Å². The molecule has 1 aromatic rings. The van der Waals surface area contributed by atoms with Gasteiger partial charge in [-0.3, -0.25) is 4.98 Å². The lowest BCUT2D eigenvalue weighted by molar-refractivity contribution is 0.376. The summed E-state index contributed by atoms with van der Waals surface area (Å²) in [7, 11) is 0. The van der Waals surface area contributed by atoms with Crippen LogP contribution in [0.5, 0.6) is 0 Å². The van der Waals surface area contributed by atoms with Crippen molar-refractivity contribution in [3.05, 3.63) is 29.6 Å². The second kappa shape index (κ2) is 4.57. The van der Waals surface area contributed by atoms with Crippen molar-refractivity contribution in [3.8, 4) is 0 Å². The Morgan fingerprint density at radius 1 is 1.06 bits per heavy atom. The smallest absolute Gasteiger partial charge is 0.0406 e. The molecule has 0 spiro atoms. The SMILES string of the molecule is CC(C)(C)CCc1cc(C(C)(C)C)ccn1. The highest BCUT2D eigenvalue weighted by Gasteiger charge is 2.15. The van der Waals surface area contributed by atoms with E-state index in [1.165, 1.54) is 17.7 Å². The molecule has 0 fully saturated rings. The molecule has 1 rings (SSSR count). The first-order chi connectivity index (χ1) is 7.18. The Morgan fingerprint density at radius 2 is 1.69 bits per heavy atom. The van der Waals surface area contributed by atoms with Crippen molar-refractivity contribution < 1.29 is 0 Å². The zero-order chi connectivity index (χ0) is 12.4. The third-order valence-corrected chi connectivity index (χ3v) is 2.81. The topological polar surface area (TPSA) is 12.9 Å². The van der Waals surface area contributed by atoms with Crippen LogP contribution in [0.15, 0.2) is 18.3 Å². The lowest BCUT2D eigenvalue weighted by atomic mass is 9.86. The lowest BCUT2D eigenvalue weighted by Gasteiger charge is -2.21. The van der Waals surface area contributed by atoms with Gasteiger partial charge in [0.15, 0.2) is 0 Å². The Bertz CT molecular complexity index is 339. The lowest BCUT2D eigenvalue weighted by Crippen LogP contribution is -2.12. The summed E-state index contributed by atoms with van der Waals surface area (Å²) in [4.78, 5) is 4.46. The summed E-state index contributed by atoms with van der Waals surface area (Å²) in [5, 5.41) is 0. The Morgan fingerprint density at radius 3 is 2.19 bits per heavy atom.